The maximum absolute atomic E-state index is 12.6. The van der Waals surface area contributed by atoms with Gasteiger partial charge in [0.15, 0.2) is 5.82 Å². The fraction of sp³-hybridized carbons (Fsp3) is 0.200. The number of allylic oxidation sites excluding steroid dienone is 2. The molecule has 10 heteroatoms. The molecule has 0 radical (unpaired) electrons. The van der Waals surface area contributed by atoms with Crippen LogP contribution in [0.3, 0.4) is 0 Å². The first-order valence-electron chi connectivity index (χ1n) is 10.6. The summed E-state index contributed by atoms with van der Waals surface area (Å²) in [5.41, 5.74) is 5.58. The number of benzene rings is 2. The lowest BCUT2D eigenvalue weighted by molar-refractivity contribution is -0.192. The number of hydrogen-bond acceptors (Lipinski definition) is 4. The van der Waals surface area contributed by atoms with E-state index < -0.39 is 12.1 Å². The molecule has 1 amide bonds. The number of anilines is 1. The number of halogens is 3. The lowest BCUT2D eigenvalue weighted by atomic mass is 9.90. The first-order valence-corrected chi connectivity index (χ1v) is 10.6. The first-order chi connectivity index (χ1) is 16.7. The Hall–Kier alpha value is -4.39. The van der Waals surface area contributed by atoms with Gasteiger partial charge in [0.25, 0.3) is 5.91 Å². The second kappa shape index (κ2) is 11.2. The van der Waals surface area contributed by atoms with E-state index in [1.54, 1.807) is 0 Å². The van der Waals surface area contributed by atoms with Crippen LogP contribution in [0.2, 0.25) is 0 Å². The summed E-state index contributed by atoms with van der Waals surface area (Å²) in [5.74, 6) is -2.98. The predicted molar refractivity (Wildman–Crippen MR) is 123 cm³/mol. The van der Waals surface area contributed by atoms with Crippen LogP contribution in [0, 0.1) is 11.3 Å². The van der Waals surface area contributed by atoms with Gasteiger partial charge >= 0.3 is 12.1 Å². The number of nitrogens with one attached hydrogen (secondary N) is 2. The lowest BCUT2D eigenvalue weighted by Gasteiger charge is -2.18. The monoisotopic (exact) mass is 482 g/mol. The summed E-state index contributed by atoms with van der Waals surface area (Å²) in [6.07, 6.45) is 2.95. The largest absolute Gasteiger partial charge is 0.490 e. The minimum atomic E-state index is -5.08. The number of H-pyrrole nitrogens is 1. The minimum Gasteiger partial charge on any atom is -0.475 e. The summed E-state index contributed by atoms with van der Waals surface area (Å²) in [6, 6.07) is 18.3. The maximum atomic E-state index is 12.6. The number of aromatic nitrogens is 2. The summed E-state index contributed by atoms with van der Waals surface area (Å²) in [5, 5.41) is 19.0. The van der Waals surface area contributed by atoms with E-state index in [9.17, 15) is 18.0 Å². The molecule has 1 heterocycles. The quantitative estimate of drug-likeness (QED) is 0.435. The topological polar surface area (TPSA) is 119 Å². The zero-order valence-corrected chi connectivity index (χ0v) is 18.4. The Bertz CT molecular complexity index is 1280. The third-order valence-electron chi connectivity index (χ3n) is 5.17. The second-order valence-electron chi connectivity index (χ2n) is 7.62. The highest BCUT2D eigenvalue weighted by molar-refractivity contribution is 6.03. The number of carbonyl (C=O) groups excluding carboxylic acids is 1. The fourth-order valence-corrected chi connectivity index (χ4v) is 3.49. The Balaban J connectivity index is 0.000000429. The molecule has 0 saturated carbocycles. The van der Waals surface area contributed by atoms with Crippen molar-refractivity contribution in [1.82, 2.24) is 9.97 Å². The van der Waals surface area contributed by atoms with Crippen molar-refractivity contribution in [2.45, 2.75) is 31.9 Å². The summed E-state index contributed by atoms with van der Waals surface area (Å²) in [4.78, 5) is 28.2. The Morgan fingerprint density at radius 2 is 1.80 bits per heavy atom. The Morgan fingerprint density at radius 1 is 1.09 bits per heavy atom. The van der Waals surface area contributed by atoms with Gasteiger partial charge < -0.3 is 15.4 Å². The third kappa shape index (κ3) is 6.80. The molecule has 2 aromatic carbocycles. The van der Waals surface area contributed by atoms with Crippen LogP contribution in [0.15, 0.2) is 60.8 Å². The molecule has 180 valence electrons. The van der Waals surface area contributed by atoms with Crippen LogP contribution < -0.4 is 5.32 Å². The number of hydrogen-bond donors (Lipinski definition) is 3. The van der Waals surface area contributed by atoms with Gasteiger partial charge in [-0.1, -0.05) is 42.5 Å². The van der Waals surface area contributed by atoms with Crippen molar-refractivity contribution in [3.05, 3.63) is 77.9 Å². The van der Waals surface area contributed by atoms with Crippen LogP contribution >= 0.6 is 0 Å². The highest BCUT2D eigenvalue weighted by Gasteiger charge is 2.38. The van der Waals surface area contributed by atoms with E-state index in [4.69, 9.17) is 15.2 Å². The third-order valence-corrected chi connectivity index (χ3v) is 5.17. The Kier molecular flexibility index (Phi) is 8.04. The Labute approximate surface area is 198 Å². The number of nitriles is 1. The number of nitrogens with zero attached hydrogens (tertiary/aromatic N) is 2. The molecule has 3 aromatic rings. The van der Waals surface area contributed by atoms with Crippen molar-refractivity contribution in [2.75, 3.05) is 5.32 Å². The maximum Gasteiger partial charge on any atom is 0.490 e. The fourth-order valence-electron chi connectivity index (χ4n) is 3.49. The lowest BCUT2D eigenvalue weighted by Crippen LogP contribution is -2.21. The van der Waals surface area contributed by atoms with E-state index in [1.807, 2.05) is 36.4 Å². The van der Waals surface area contributed by atoms with E-state index in [0.717, 1.165) is 41.6 Å². The van der Waals surface area contributed by atoms with Gasteiger partial charge in [-0.2, -0.15) is 18.4 Å². The molecular formula is C25H21F3N4O3. The first kappa shape index (κ1) is 25.2. The van der Waals surface area contributed by atoms with Crippen LogP contribution in [0.1, 0.15) is 47.6 Å². The predicted octanol–water partition coefficient (Wildman–Crippen LogP) is 5.79. The van der Waals surface area contributed by atoms with E-state index in [-0.39, 0.29) is 17.4 Å². The molecule has 0 spiro atoms. The average molecular weight is 482 g/mol. The van der Waals surface area contributed by atoms with Gasteiger partial charge in [-0.15, -0.1) is 0 Å². The van der Waals surface area contributed by atoms with E-state index in [2.05, 4.69) is 39.6 Å². The molecule has 0 atom stereocenters. The zero-order valence-electron chi connectivity index (χ0n) is 18.4. The standard InChI is InChI=1S/C23H20N4O.C2HF3O2/c24-14-19-15-25-22(26-19)23(28)27-21-12-11-18(16-7-3-1-4-8-16)13-20(21)17-9-5-2-6-10-17;3-2(4,5)1(6)7/h1,3-4,7-9,11-13,15H,2,5-6,10H2,(H,25,26)(H,27,28);(H,6,7). The number of aromatic amines is 1. The van der Waals surface area contributed by atoms with Gasteiger partial charge in [0.1, 0.15) is 11.8 Å². The van der Waals surface area contributed by atoms with Gasteiger partial charge in [-0.25, -0.2) is 9.78 Å². The van der Waals surface area contributed by atoms with Crippen molar-refractivity contribution in [3.8, 4) is 17.2 Å². The molecule has 0 aliphatic heterocycles. The highest BCUT2D eigenvalue weighted by Crippen LogP contribution is 2.35. The number of imidazole rings is 1. The molecule has 0 fully saturated rings. The highest BCUT2D eigenvalue weighted by atomic mass is 19.4. The number of carboxylic acids is 1. The van der Waals surface area contributed by atoms with Crippen molar-refractivity contribution in [2.24, 2.45) is 0 Å². The summed E-state index contributed by atoms with van der Waals surface area (Å²) >= 11 is 0. The zero-order chi connectivity index (χ0) is 25.4. The van der Waals surface area contributed by atoms with Gasteiger partial charge in [-0.3, -0.25) is 4.79 Å². The van der Waals surface area contributed by atoms with Crippen molar-refractivity contribution < 1.29 is 27.9 Å². The average Bonchev–Trinajstić information content (AvgIpc) is 3.35. The number of carbonyl (C=O) groups is 2. The molecule has 1 aliphatic carbocycles. The van der Waals surface area contributed by atoms with Crippen LogP contribution in [-0.2, 0) is 4.79 Å². The van der Waals surface area contributed by atoms with Crippen molar-refractivity contribution in [1.29, 1.82) is 5.26 Å². The molecule has 3 N–H and O–H groups in total. The van der Waals surface area contributed by atoms with Gasteiger partial charge in [-0.05, 0) is 54.5 Å². The van der Waals surface area contributed by atoms with E-state index in [1.165, 1.54) is 18.2 Å². The molecule has 0 saturated heterocycles. The normalized spacial score (nSPS) is 13.0. The molecule has 35 heavy (non-hydrogen) atoms. The molecule has 1 aromatic heterocycles. The summed E-state index contributed by atoms with van der Waals surface area (Å²) in [6.45, 7) is 0. The molecule has 7 nitrogen and oxygen atoms in total. The Morgan fingerprint density at radius 3 is 2.37 bits per heavy atom. The van der Waals surface area contributed by atoms with Gasteiger partial charge in [0.2, 0.25) is 0 Å². The van der Waals surface area contributed by atoms with Crippen molar-refractivity contribution >= 4 is 23.1 Å². The second-order valence-corrected chi connectivity index (χ2v) is 7.62. The van der Waals surface area contributed by atoms with Crippen LogP contribution in [-0.4, -0.2) is 33.1 Å². The smallest absolute Gasteiger partial charge is 0.475 e. The van der Waals surface area contributed by atoms with Crippen LogP contribution in [0.25, 0.3) is 16.7 Å². The SMILES string of the molecule is N#Cc1cnc(C(=O)Nc2ccc(-c3ccccc3)cc2C2=CCCCC2)[nH]1.O=C(O)C(F)(F)F. The summed E-state index contributed by atoms with van der Waals surface area (Å²) < 4.78 is 31.7. The summed E-state index contributed by atoms with van der Waals surface area (Å²) in [7, 11) is 0. The minimum absolute atomic E-state index is 0.132. The van der Waals surface area contributed by atoms with Crippen LogP contribution in [0.5, 0.6) is 0 Å². The van der Waals surface area contributed by atoms with Crippen molar-refractivity contribution in [3.63, 3.8) is 0 Å². The number of aliphatic carboxylic acids is 1. The van der Waals surface area contributed by atoms with Gasteiger partial charge in [0.05, 0.1) is 6.20 Å². The van der Waals surface area contributed by atoms with Crippen LogP contribution in [0.4, 0.5) is 18.9 Å². The van der Waals surface area contributed by atoms with Gasteiger partial charge in [0, 0.05) is 11.3 Å². The molecule has 0 bridgehead atoms. The number of carboxylic acid groups (broad SMARTS) is 1. The molecule has 1 aliphatic rings. The number of rotatable bonds is 4. The van der Waals surface area contributed by atoms with E-state index >= 15 is 0 Å². The number of amides is 1. The van der Waals surface area contributed by atoms with E-state index in [0.29, 0.717) is 0 Å². The number of alkyl halides is 3. The molecule has 4 rings (SSSR count). The molecular weight excluding hydrogens is 461 g/mol. The molecule has 0 unspecified atom stereocenters.